The fraction of sp³-hybridized carbons (Fsp3) is 0.348. The van der Waals surface area contributed by atoms with Crippen LogP contribution in [0.2, 0.25) is 10.0 Å². The topological polar surface area (TPSA) is 88.0 Å². The molecule has 2 N–H and O–H groups in total. The third-order valence-electron chi connectivity index (χ3n) is 5.57. The summed E-state index contributed by atoms with van der Waals surface area (Å²) in [5, 5.41) is 6.35. The van der Waals surface area contributed by atoms with Crippen molar-refractivity contribution in [2.24, 2.45) is 0 Å². The number of anilines is 1. The van der Waals surface area contributed by atoms with E-state index in [2.05, 4.69) is 20.5 Å². The summed E-state index contributed by atoms with van der Waals surface area (Å²) < 4.78 is 7.16. The molecule has 1 aliphatic rings. The molecule has 0 aliphatic carbocycles. The molecule has 2 aromatic heterocycles. The number of nitrogens with zero attached hydrogens (tertiary/aromatic N) is 3. The molecule has 35 heavy (non-hydrogen) atoms. The SMILES string of the molecule is Cc1nc2c(NC(=O)c3c(Cl)cccc3Cl)cccn2c1CC(=O)NCCN1CCOCC1.Cl.Cl. The Morgan fingerprint density at radius 1 is 1.09 bits per heavy atom. The van der Waals surface area contributed by atoms with E-state index in [1.54, 1.807) is 30.3 Å². The van der Waals surface area contributed by atoms with Gasteiger partial charge in [0.2, 0.25) is 5.91 Å². The molecule has 1 fully saturated rings. The first-order valence-electron chi connectivity index (χ1n) is 10.7. The van der Waals surface area contributed by atoms with Crippen LogP contribution in [0.15, 0.2) is 36.5 Å². The number of rotatable bonds is 7. The number of imidazole rings is 1. The van der Waals surface area contributed by atoms with Crippen LogP contribution >= 0.6 is 48.0 Å². The zero-order valence-electron chi connectivity index (χ0n) is 19.1. The van der Waals surface area contributed by atoms with Crippen molar-refractivity contribution in [3.63, 3.8) is 0 Å². The standard InChI is InChI=1S/C23H25Cl2N5O3.2ClH/c1-15-19(14-20(31)26-7-9-29-10-12-33-13-11-29)30-8-3-6-18(22(30)27-15)28-23(32)21-16(24)4-2-5-17(21)25;;/h2-6,8H,7,9-14H2,1H3,(H,26,31)(H,28,32);2*1H. The second-order valence-corrected chi connectivity index (χ2v) is 8.61. The molecule has 0 atom stereocenters. The van der Waals surface area contributed by atoms with Crippen molar-refractivity contribution < 1.29 is 14.3 Å². The van der Waals surface area contributed by atoms with Crippen LogP contribution in [0.5, 0.6) is 0 Å². The molecule has 190 valence electrons. The number of aryl methyl sites for hydroxylation is 1. The molecule has 4 rings (SSSR count). The Balaban J connectivity index is 0.00000216. The Hall–Kier alpha value is -2.07. The second kappa shape index (κ2) is 13.3. The second-order valence-electron chi connectivity index (χ2n) is 7.79. The number of amides is 2. The molecule has 1 saturated heterocycles. The minimum Gasteiger partial charge on any atom is -0.379 e. The summed E-state index contributed by atoms with van der Waals surface area (Å²) >= 11 is 12.3. The lowest BCUT2D eigenvalue weighted by Crippen LogP contribution is -2.41. The number of fused-ring (bicyclic) bond motifs is 1. The number of morpholine rings is 1. The number of benzene rings is 1. The molecule has 8 nitrogen and oxygen atoms in total. The van der Waals surface area contributed by atoms with Crippen molar-refractivity contribution >= 4 is 71.2 Å². The summed E-state index contributed by atoms with van der Waals surface area (Å²) in [6.45, 7) is 6.45. The summed E-state index contributed by atoms with van der Waals surface area (Å²) in [6, 6.07) is 8.43. The van der Waals surface area contributed by atoms with E-state index in [-0.39, 0.29) is 52.8 Å². The van der Waals surface area contributed by atoms with Gasteiger partial charge in [-0.15, -0.1) is 24.8 Å². The van der Waals surface area contributed by atoms with E-state index in [0.29, 0.717) is 17.9 Å². The average molecular weight is 563 g/mol. The highest BCUT2D eigenvalue weighted by atomic mass is 35.5. The third kappa shape index (κ3) is 7.00. The maximum absolute atomic E-state index is 12.8. The number of hydrogen-bond acceptors (Lipinski definition) is 5. The number of halogens is 4. The van der Waals surface area contributed by atoms with Crippen molar-refractivity contribution in [3.8, 4) is 0 Å². The van der Waals surface area contributed by atoms with Crippen LogP contribution in [0, 0.1) is 6.92 Å². The lowest BCUT2D eigenvalue weighted by atomic mass is 10.2. The van der Waals surface area contributed by atoms with Gasteiger partial charge in [0, 0.05) is 32.4 Å². The quantitative estimate of drug-likeness (QED) is 0.454. The molecule has 0 spiro atoms. The van der Waals surface area contributed by atoms with Crippen molar-refractivity contribution in [1.29, 1.82) is 0 Å². The van der Waals surface area contributed by atoms with Crippen LogP contribution in [0.1, 0.15) is 21.7 Å². The van der Waals surface area contributed by atoms with Gasteiger partial charge in [-0.1, -0.05) is 29.3 Å². The molecule has 1 aliphatic heterocycles. The van der Waals surface area contributed by atoms with Crippen molar-refractivity contribution in [2.45, 2.75) is 13.3 Å². The maximum atomic E-state index is 12.8. The molecule has 3 heterocycles. The third-order valence-corrected chi connectivity index (χ3v) is 6.20. The molecular weight excluding hydrogens is 536 g/mol. The molecule has 1 aromatic carbocycles. The summed E-state index contributed by atoms with van der Waals surface area (Å²) in [5.41, 5.74) is 2.73. The minimum absolute atomic E-state index is 0. The van der Waals surface area contributed by atoms with Gasteiger partial charge in [0.25, 0.3) is 5.91 Å². The average Bonchev–Trinajstić information content (AvgIpc) is 3.10. The number of ether oxygens (including phenoxy) is 1. The number of carbonyl (C=O) groups excluding carboxylic acids is 2. The van der Waals surface area contributed by atoms with E-state index in [1.807, 2.05) is 17.5 Å². The smallest absolute Gasteiger partial charge is 0.258 e. The van der Waals surface area contributed by atoms with Gasteiger partial charge in [-0.05, 0) is 31.2 Å². The first-order valence-corrected chi connectivity index (χ1v) is 11.5. The predicted molar refractivity (Wildman–Crippen MR) is 143 cm³/mol. The summed E-state index contributed by atoms with van der Waals surface area (Å²) in [7, 11) is 0. The van der Waals surface area contributed by atoms with Crippen LogP contribution < -0.4 is 10.6 Å². The lowest BCUT2D eigenvalue weighted by Gasteiger charge is -2.26. The number of nitrogens with one attached hydrogen (secondary N) is 2. The van der Waals surface area contributed by atoms with Gasteiger partial charge in [-0.3, -0.25) is 14.5 Å². The predicted octanol–water partition coefficient (Wildman–Crippen LogP) is 4.04. The van der Waals surface area contributed by atoms with E-state index in [1.165, 1.54) is 0 Å². The zero-order chi connectivity index (χ0) is 23.4. The van der Waals surface area contributed by atoms with E-state index < -0.39 is 5.91 Å². The molecule has 0 saturated carbocycles. The molecule has 2 amide bonds. The van der Waals surface area contributed by atoms with Gasteiger partial charge < -0.3 is 19.8 Å². The Morgan fingerprint density at radius 2 is 1.77 bits per heavy atom. The van der Waals surface area contributed by atoms with Crippen LogP contribution in [0.3, 0.4) is 0 Å². The molecule has 0 unspecified atom stereocenters. The van der Waals surface area contributed by atoms with Crippen LogP contribution in [0.4, 0.5) is 5.69 Å². The van der Waals surface area contributed by atoms with E-state index in [4.69, 9.17) is 27.9 Å². The van der Waals surface area contributed by atoms with E-state index in [9.17, 15) is 9.59 Å². The molecule has 12 heteroatoms. The molecular formula is C23H27Cl4N5O3. The van der Waals surface area contributed by atoms with Crippen LogP contribution in [-0.2, 0) is 16.0 Å². The van der Waals surface area contributed by atoms with Crippen LogP contribution in [-0.4, -0.2) is 65.5 Å². The highest BCUT2D eigenvalue weighted by molar-refractivity contribution is 6.40. The Labute approximate surface area is 226 Å². The van der Waals surface area contributed by atoms with Crippen molar-refractivity contribution in [2.75, 3.05) is 44.7 Å². The molecule has 3 aromatic rings. The zero-order valence-corrected chi connectivity index (χ0v) is 22.2. The van der Waals surface area contributed by atoms with E-state index in [0.717, 1.165) is 44.2 Å². The number of carbonyl (C=O) groups is 2. The van der Waals surface area contributed by atoms with Gasteiger partial charge >= 0.3 is 0 Å². The summed E-state index contributed by atoms with van der Waals surface area (Å²) in [6.07, 6.45) is 2.01. The first-order chi connectivity index (χ1) is 15.9. The number of hydrogen-bond donors (Lipinski definition) is 2. The summed E-state index contributed by atoms with van der Waals surface area (Å²) in [4.78, 5) is 32.3. The highest BCUT2D eigenvalue weighted by Gasteiger charge is 2.19. The Bertz CT molecular complexity index is 1160. The Kier molecular flexibility index (Phi) is 11.1. The Morgan fingerprint density at radius 3 is 2.46 bits per heavy atom. The van der Waals surface area contributed by atoms with Gasteiger partial charge in [-0.25, -0.2) is 4.98 Å². The van der Waals surface area contributed by atoms with Gasteiger partial charge in [0.15, 0.2) is 5.65 Å². The first kappa shape index (κ1) is 29.2. The molecule has 0 radical (unpaired) electrons. The van der Waals surface area contributed by atoms with Crippen LogP contribution in [0.25, 0.3) is 5.65 Å². The van der Waals surface area contributed by atoms with Gasteiger partial charge in [-0.2, -0.15) is 0 Å². The number of pyridine rings is 1. The maximum Gasteiger partial charge on any atom is 0.258 e. The molecule has 0 bridgehead atoms. The highest BCUT2D eigenvalue weighted by Crippen LogP contribution is 2.27. The van der Waals surface area contributed by atoms with E-state index >= 15 is 0 Å². The summed E-state index contributed by atoms with van der Waals surface area (Å²) in [5.74, 6) is -0.507. The largest absolute Gasteiger partial charge is 0.379 e. The normalized spacial score (nSPS) is 13.6. The van der Waals surface area contributed by atoms with Crippen molar-refractivity contribution in [3.05, 3.63) is 63.5 Å². The van der Waals surface area contributed by atoms with Gasteiger partial charge in [0.1, 0.15) is 0 Å². The minimum atomic E-state index is -0.429. The fourth-order valence-electron chi connectivity index (χ4n) is 3.83. The lowest BCUT2D eigenvalue weighted by molar-refractivity contribution is -0.120. The van der Waals surface area contributed by atoms with Crippen molar-refractivity contribution in [1.82, 2.24) is 19.6 Å². The van der Waals surface area contributed by atoms with Gasteiger partial charge in [0.05, 0.1) is 52.3 Å². The number of aromatic nitrogens is 2. The fourth-order valence-corrected chi connectivity index (χ4v) is 4.40. The monoisotopic (exact) mass is 561 g/mol.